The molecule has 0 saturated heterocycles. The van der Waals surface area contributed by atoms with Gasteiger partial charge in [-0.2, -0.15) is 0 Å². The summed E-state index contributed by atoms with van der Waals surface area (Å²) < 4.78 is 10.0. The number of amides is 1. The Balaban J connectivity index is 0. The normalized spacial score (nSPS) is 19.1. The van der Waals surface area contributed by atoms with Crippen LogP contribution in [0.25, 0.3) is 0 Å². The van der Waals surface area contributed by atoms with Gasteiger partial charge >= 0.3 is 11.9 Å². The van der Waals surface area contributed by atoms with Gasteiger partial charge in [-0.3, -0.25) is 14.4 Å². The average Bonchev–Trinajstić information content (AvgIpc) is 3.16. The number of carbonyl (C=O) groups is 4. The molecule has 1 aliphatic heterocycles. The lowest BCUT2D eigenvalue weighted by atomic mass is 10.1. The van der Waals surface area contributed by atoms with E-state index < -0.39 is 36.0 Å². The zero-order valence-electron chi connectivity index (χ0n) is 18.9. The molecule has 0 radical (unpaired) electrons. The van der Waals surface area contributed by atoms with Crippen molar-refractivity contribution in [3.8, 4) is 0 Å². The Kier molecular flexibility index (Phi) is 19.0. The number of aliphatic carboxylic acids is 2. The molecule has 1 heterocycles. The second-order valence-electron chi connectivity index (χ2n) is 7.08. The fourth-order valence-corrected chi connectivity index (χ4v) is 1.99. The van der Waals surface area contributed by atoms with E-state index in [1.54, 1.807) is 6.26 Å². The van der Waals surface area contributed by atoms with Gasteiger partial charge in [0.1, 0.15) is 30.5 Å². The van der Waals surface area contributed by atoms with E-state index in [9.17, 15) is 19.2 Å². The van der Waals surface area contributed by atoms with Crippen LogP contribution in [-0.4, -0.2) is 78.3 Å². The fraction of sp³-hybridized carbons (Fsp3) is 0.700. The highest BCUT2D eigenvalue weighted by Gasteiger charge is 2.18. The second-order valence-corrected chi connectivity index (χ2v) is 7.08. The third kappa shape index (κ3) is 16.2. The number of aldehydes is 1. The summed E-state index contributed by atoms with van der Waals surface area (Å²) in [5.74, 6) is -2.53. The summed E-state index contributed by atoms with van der Waals surface area (Å²) in [6.45, 7) is 6.43. The highest BCUT2D eigenvalue weighted by Crippen LogP contribution is 2.14. The van der Waals surface area contributed by atoms with E-state index >= 15 is 0 Å². The minimum Gasteiger partial charge on any atom is -0.496 e. The molecule has 0 aromatic rings. The van der Waals surface area contributed by atoms with Gasteiger partial charge in [0.25, 0.3) is 0 Å². The highest BCUT2D eigenvalue weighted by molar-refractivity contribution is 5.81. The van der Waals surface area contributed by atoms with Crippen LogP contribution in [0.5, 0.6) is 0 Å². The van der Waals surface area contributed by atoms with Crippen LogP contribution < -0.4 is 22.5 Å². The van der Waals surface area contributed by atoms with Crippen LogP contribution in [0.4, 0.5) is 0 Å². The average molecular weight is 463 g/mol. The first-order chi connectivity index (χ1) is 15.0. The minimum absolute atomic E-state index is 0.0719. The smallest absolute Gasteiger partial charge is 0.322 e. The fourth-order valence-electron chi connectivity index (χ4n) is 1.99. The SMILES string of the molecule is CC1C=COC1CN.CCC.NC(CCC(=O)NC(C=O)COCC(N)C(=O)O)C(=O)O. The number of hydrogen-bond donors (Lipinski definition) is 6. The van der Waals surface area contributed by atoms with Gasteiger partial charge in [-0.05, 0) is 12.5 Å². The molecule has 12 heteroatoms. The molecule has 0 aliphatic carbocycles. The van der Waals surface area contributed by atoms with Crippen LogP contribution >= 0.6 is 0 Å². The molecule has 0 aromatic carbocycles. The predicted octanol–water partition coefficient (Wildman–Crippen LogP) is -0.799. The summed E-state index contributed by atoms with van der Waals surface area (Å²) >= 11 is 0. The van der Waals surface area contributed by atoms with E-state index in [2.05, 4.69) is 26.1 Å². The van der Waals surface area contributed by atoms with E-state index in [4.69, 9.17) is 36.9 Å². The summed E-state index contributed by atoms with van der Waals surface area (Å²) in [4.78, 5) is 43.1. The van der Waals surface area contributed by atoms with E-state index in [-0.39, 0.29) is 32.2 Å². The lowest BCUT2D eigenvalue weighted by molar-refractivity contribution is -0.141. The van der Waals surface area contributed by atoms with Gasteiger partial charge < -0.3 is 47.0 Å². The lowest BCUT2D eigenvalue weighted by Crippen LogP contribution is -2.42. The standard InChI is InChI=1S/C11H19N3O7.C6H11NO.C3H8/c12-7(10(17)18)1-2-9(16)14-6(3-15)4-21-5-8(13)11(19)20;1-5-2-3-8-6(5)4-7;1-3-2/h3,6-8H,1-2,4-5,12-13H2,(H,14,16)(H,17,18)(H,19,20);2-3,5-6H,4,7H2,1H3;3H2,1-2H3. The molecule has 0 saturated carbocycles. The zero-order valence-corrected chi connectivity index (χ0v) is 18.9. The largest absolute Gasteiger partial charge is 0.496 e. The molecule has 12 nitrogen and oxygen atoms in total. The first kappa shape index (κ1) is 31.6. The number of nitrogens with two attached hydrogens (primary N) is 3. The van der Waals surface area contributed by atoms with Crippen LogP contribution in [0.3, 0.4) is 0 Å². The van der Waals surface area contributed by atoms with Crippen molar-refractivity contribution < 1.29 is 38.9 Å². The van der Waals surface area contributed by atoms with Crippen molar-refractivity contribution in [2.24, 2.45) is 23.1 Å². The van der Waals surface area contributed by atoms with Crippen molar-refractivity contribution in [1.82, 2.24) is 5.32 Å². The van der Waals surface area contributed by atoms with Crippen LogP contribution in [0.2, 0.25) is 0 Å². The maximum absolute atomic E-state index is 11.5. The number of hydrogen-bond acceptors (Lipinski definition) is 9. The van der Waals surface area contributed by atoms with Gasteiger partial charge in [-0.15, -0.1) is 0 Å². The Morgan fingerprint density at radius 1 is 1.16 bits per heavy atom. The number of nitrogens with one attached hydrogen (secondary N) is 1. The Morgan fingerprint density at radius 2 is 1.72 bits per heavy atom. The van der Waals surface area contributed by atoms with Crippen molar-refractivity contribution in [2.75, 3.05) is 19.8 Å². The molecular weight excluding hydrogens is 424 g/mol. The molecule has 5 atom stereocenters. The molecule has 9 N–H and O–H groups in total. The third-order valence-electron chi connectivity index (χ3n) is 3.88. The summed E-state index contributed by atoms with van der Waals surface area (Å²) in [5.41, 5.74) is 15.8. The molecule has 0 bridgehead atoms. The molecule has 5 unspecified atom stereocenters. The van der Waals surface area contributed by atoms with Crippen LogP contribution in [0.15, 0.2) is 12.3 Å². The summed E-state index contributed by atoms with van der Waals surface area (Å²) in [7, 11) is 0. The van der Waals surface area contributed by atoms with Gasteiger partial charge in [0.15, 0.2) is 0 Å². The maximum Gasteiger partial charge on any atom is 0.322 e. The number of rotatable bonds is 12. The monoisotopic (exact) mass is 462 g/mol. The third-order valence-corrected chi connectivity index (χ3v) is 3.88. The molecule has 186 valence electrons. The Labute approximate surface area is 188 Å². The van der Waals surface area contributed by atoms with Gasteiger partial charge in [0.05, 0.1) is 19.5 Å². The van der Waals surface area contributed by atoms with Crippen molar-refractivity contribution in [1.29, 1.82) is 0 Å². The number of carboxylic acids is 2. The van der Waals surface area contributed by atoms with Gasteiger partial charge in [0.2, 0.25) is 5.91 Å². The number of ether oxygens (including phenoxy) is 2. The molecule has 0 spiro atoms. The van der Waals surface area contributed by atoms with Gasteiger partial charge in [0, 0.05) is 18.9 Å². The Bertz CT molecular complexity index is 588. The predicted molar refractivity (Wildman–Crippen MR) is 117 cm³/mol. The Hall–Kier alpha value is -2.54. The first-order valence-corrected chi connectivity index (χ1v) is 10.3. The molecule has 1 aliphatic rings. The van der Waals surface area contributed by atoms with Crippen LogP contribution in [0, 0.1) is 5.92 Å². The number of carboxylic acid groups (broad SMARTS) is 2. The maximum atomic E-state index is 11.5. The summed E-state index contributed by atoms with van der Waals surface area (Å²) in [6.07, 6.45) is 5.42. The van der Waals surface area contributed by atoms with Crippen molar-refractivity contribution in [2.45, 2.75) is 64.3 Å². The quantitative estimate of drug-likeness (QED) is 0.197. The van der Waals surface area contributed by atoms with E-state index in [0.29, 0.717) is 18.7 Å². The topological polar surface area (TPSA) is 217 Å². The van der Waals surface area contributed by atoms with E-state index in [1.807, 2.05) is 6.08 Å². The van der Waals surface area contributed by atoms with Gasteiger partial charge in [-0.25, -0.2) is 0 Å². The second kappa shape index (κ2) is 19.2. The zero-order chi connectivity index (χ0) is 25.1. The summed E-state index contributed by atoms with van der Waals surface area (Å²) in [6, 6.07) is -3.35. The van der Waals surface area contributed by atoms with Crippen molar-refractivity contribution in [3.63, 3.8) is 0 Å². The van der Waals surface area contributed by atoms with E-state index in [0.717, 1.165) is 0 Å². The minimum atomic E-state index is -1.25. The first-order valence-electron chi connectivity index (χ1n) is 10.3. The van der Waals surface area contributed by atoms with Crippen molar-refractivity contribution >= 4 is 24.1 Å². The van der Waals surface area contributed by atoms with E-state index in [1.165, 1.54) is 6.42 Å². The molecule has 0 fully saturated rings. The lowest BCUT2D eigenvalue weighted by Gasteiger charge is -2.14. The van der Waals surface area contributed by atoms with Gasteiger partial charge in [-0.1, -0.05) is 27.2 Å². The Morgan fingerprint density at radius 3 is 2.09 bits per heavy atom. The molecule has 1 rings (SSSR count). The number of carbonyl (C=O) groups excluding carboxylic acids is 2. The van der Waals surface area contributed by atoms with Crippen molar-refractivity contribution in [3.05, 3.63) is 12.3 Å². The van der Waals surface area contributed by atoms with Crippen LogP contribution in [-0.2, 0) is 28.7 Å². The van der Waals surface area contributed by atoms with Crippen LogP contribution in [0.1, 0.15) is 40.0 Å². The molecular formula is C20H38N4O8. The summed E-state index contributed by atoms with van der Waals surface area (Å²) in [5, 5.41) is 19.4. The molecule has 32 heavy (non-hydrogen) atoms. The highest BCUT2D eigenvalue weighted by atomic mass is 16.5. The molecule has 0 aromatic heterocycles. The molecule has 1 amide bonds.